The summed E-state index contributed by atoms with van der Waals surface area (Å²) in [5.74, 6) is 0.228. The van der Waals surface area contributed by atoms with Crippen LogP contribution in [-0.4, -0.2) is 24.8 Å². The molecule has 0 atom stereocenters. The molecule has 26 heavy (non-hydrogen) atoms. The average Bonchev–Trinajstić information content (AvgIpc) is 2.59. The highest BCUT2D eigenvalue weighted by Gasteiger charge is 2.05. The third-order valence-electron chi connectivity index (χ3n) is 3.64. The van der Waals surface area contributed by atoms with Gasteiger partial charge in [0, 0.05) is 30.2 Å². The Bertz CT molecular complexity index is 1020. The molecule has 7 heteroatoms. The van der Waals surface area contributed by atoms with Crippen molar-refractivity contribution in [2.45, 2.75) is 6.54 Å². The summed E-state index contributed by atoms with van der Waals surface area (Å²) >= 11 is 0. The SMILES string of the molecule is CS(=O)(=O)Nc1cccc(-c2cncc(NCc3cccc(O)c3)c2)c1. The molecule has 0 aliphatic rings. The van der Waals surface area contributed by atoms with E-state index in [2.05, 4.69) is 15.0 Å². The van der Waals surface area contributed by atoms with Gasteiger partial charge in [-0.2, -0.15) is 0 Å². The molecule has 1 aromatic heterocycles. The molecule has 6 nitrogen and oxygen atoms in total. The van der Waals surface area contributed by atoms with Crippen molar-refractivity contribution < 1.29 is 13.5 Å². The van der Waals surface area contributed by atoms with Crippen LogP contribution in [0, 0.1) is 0 Å². The van der Waals surface area contributed by atoms with E-state index in [0.717, 1.165) is 28.6 Å². The lowest BCUT2D eigenvalue weighted by molar-refractivity contribution is 0.474. The average molecular weight is 369 g/mol. The second-order valence-corrected chi connectivity index (χ2v) is 7.69. The van der Waals surface area contributed by atoms with Crippen LogP contribution in [0.3, 0.4) is 0 Å². The number of phenols is 1. The van der Waals surface area contributed by atoms with E-state index < -0.39 is 10.0 Å². The zero-order valence-electron chi connectivity index (χ0n) is 14.2. The van der Waals surface area contributed by atoms with Crippen molar-refractivity contribution in [3.05, 3.63) is 72.6 Å². The van der Waals surface area contributed by atoms with Gasteiger partial charge in [-0.25, -0.2) is 8.42 Å². The zero-order chi connectivity index (χ0) is 18.6. The highest BCUT2D eigenvalue weighted by molar-refractivity contribution is 7.92. The van der Waals surface area contributed by atoms with Gasteiger partial charge in [-0.05, 0) is 41.5 Å². The van der Waals surface area contributed by atoms with E-state index in [9.17, 15) is 13.5 Å². The van der Waals surface area contributed by atoms with Crippen LogP contribution in [0.25, 0.3) is 11.1 Å². The van der Waals surface area contributed by atoms with Gasteiger partial charge in [0.05, 0.1) is 11.9 Å². The maximum absolute atomic E-state index is 11.4. The number of aromatic nitrogens is 1. The van der Waals surface area contributed by atoms with E-state index in [1.165, 1.54) is 0 Å². The molecule has 0 fully saturated rings. The molecule has 3 aromatic rings. The van der Waals surface area contributed by atoms with Crippen molar-refractivity contribution in [1.29, 1.82) is 0 Å². The summed E-state index contributed by atoms with van der Waals surface area (Å²) in [6, 6.07) is 16.1. The number of nitrogens with zero attached hydrogens (tertiary/aromatic N) is 1. The van der Waals surface area contributed by atoms with Crippen LogP contribution in [0.15, 0.2) is 67.0 Å². The minimum absolute atomic E-state index is 0.228. The van der Waals surface area contributed by atoms with E-state index in [1.807, 2.05) is 18.2 Å². The minimum Gasteiger partial charge on any atom is -0.508 e. The molecule has 0 spiro atoms. The first kappa shape index (κ1) is 17.8. The van der Waals surface area contributed by atoms with Gasteiger partial charge in [0.15, 0.2) is 0 Å². The van der Waals surface area contributed by atoms with Crippen molar-refractivity contribution in [2.24, 2.45) is 0 Å². The largest absolute Gasteiger partial charge is 0.508 e. The van der Waals surface area contributed by atoms with Crippen molar-refractivity contribution >= 4 is 21.4 Å². The highest BCUT2D eigenvalue weighted by Crippen LogP contribution is 2.25. The van der Waals surface area contributed by atoms with Crippen LogP contribution in [0.4, 0.5) is 11.4 Å². The van der Waals surface area contributed by atoms with E-state index >= 15 is 0 Å². The Balaban J connectivity index is 1.78. The number of nitrogens with one attached hydrogen (secondary N) is 2. The molecule has 0 radical (unpaired) electrons. The first-order valence-electron chi connectivity index (χ1n) is 7.94. The minimum atomic E-state index is -3.33. The Morgan fingerprint density at radius 1 is 0.962 bits per heavy atom. The molecule has 0 bridgehead atoms. The Labute approximate surface area is 152 Å². The number of pyridine rings is 1. The maximum Gasteiger partial charge on any atom is 0.229 e. The lowest BCUT2D eigenvalue weighted by atomic mass is 10.1. The number of hydrogen-bond donors (Lipinski definition) is 3. The Kier molecular flexibility index (Phi) is 5.09. The molecule has 0 aliphatic carbocycles. The fraction of sp³-hybridized carbons (Fsp3) is 0.105. The summed E-state index contributed by atoms with van der Waals surface area (Å²) in [6.45, 7) is 0.551. The molecule has 0 saturated carbocycles. The van der Waals surface area contributed by atoms with Gasteiger partial charge in [0.25, 0.3) is 0 Å². The number of benzene rings is 2. The first-order chi connectivity index (χ1) is 12.4. The fourth-order valence-electron chi connectivity index (χ4n) is 2.54. The van der Waals surface area contributed by atoms with Gasteiger partial charge in [0.2, 0.25) is 10.0 Å². The standard InChI is InChI=1S/C19H19N3O3S/c1-26(24,25)22-17-6-3-5-15(9-17)16-10-18(13-20-12-16)21-11-14-4-2-7-19(23)8-14/h2-10,12-13,21-23H,11H2,1H3. The van der Waals surface area contributed by atoms with Crippen molar-refractivity contribution in [1.82, 2.24) is 4.98 Å². The van der Waals surface area contributed by atoms with E-state index in [-0.39, 0.29) is 5.75 Å². The maximum atomic E-state index is 11.4. The lowest BCUT2D eigenvalue weighted by Crippen LogP contribution is -2.09. The van der Waals surface area contributed by atoms with Gasteiger partial charge in [-0.1, -0.05) is 24.3 Å². The number of rotatable bonds is 6. The van der Waals surface area contributed by atoms with E-state index in [4.69, 9.17) is 0 Å². The lowest BCUT2D eigenvalue weighted by Gasteiger charge is -2.10. The zero-order valence-corrected chi connectivity index (χ0v) is 15.0. The van der Waals surface area contributed by atoms with Crippen molar-refractivity contribution in [2.75, 3.05) is 16.3 Å². The number of anilines is 2. The summed E-state index contributed by atoms with van der Waals surface area (Å²) in [5, 5.41) is 12.8. The summed E-state index contributed by atoms with van der Waals surface area (Å²) in [7, 11) is -3.33. The smallest absolute Gasteiger partial charge is 0.229 e. The van der Waals surface area contributed by atoms with Gasteiger partial charge < -0.3 is 10.4 Å². The predicted octanol–water partition coefficient (Wildman–Crippen LogP) is 3.44. The number of aromatic hydroxyl groups is 1. The normalized spacial score (nSPS) is 11.1. The summed E-state index contributed by atoms with van der Waals surface area (Å²) < 4.78 is 25.3. The summed E-state index contributed by atoms with van der Waals surface area (Å²) in [6.07, 6.45) is 4.55. The fourth-order valence-corrected chi connectivity index (χ4v) is 3.10. The molecule has 0 aliphatic heterocycles. The first-order valence-corrected chi connectivity index (χ1v) is 9.83. The number of phenolic OH excluding ortho intramolecular Hbond substituents is 1. The van der Waals surface area contributed by atoms with E-state index in [0.29, 0.717) is 12.2 Å². The summed E-state index contributed by atoms with van der Waals surface area (Å²) in [5.41, 5.74) is 4.00. The van der Waals surface area contributed by atoms with Crippen molar-refractivity contribution in [3.8, 4) is 16.9 Å². The molecule has 134 valence electrons. The topological polar surface area (TPSA) is 91.3 Å². The molecule has 2 aromatic carbocycles. The third kappa shape index (κ3) is 4.97. The van der Waals surface area contributed by atoms with Crippen LogP contribution >= 0.6 is 0 Å². The van der Waals surface area contributed by atoms with Gasteiger partial charge in [-0.3, -0.25) is 9.71 Å². The van der Waals surface area contributed by atoms with Gasteiger partial charge >= 0.3 is 0 Å². The molecular weight excluding hydrogens is 350 g/mol. The van der Waals surface area contributed by atoms with Crippen LogP contribution in [0.1, 0.15) is 5.56 Å². The second kappa shape index (κ2) is 7.45. The Hall–Kier alpha value is -3.06. The number of hydrogen-bond acceptors (Lipinski definition) is 5. The molecule has 1 heterocycles. The predicted molar refractivity (Wildman–Crippen MR) is 104 cm³/mol. The van der Waals surface area contributed by atoms with Crippen molar-refractivity contribution in [3.63, 3.8) is 0 Å². The second-order valence-electron chi connectivity index (χ2n) is 5.94. The highest BCUT2D eigenvalue weighted by atomic mass is 32.2. The summed E-state index contributed by atoms with van der Waals surface area (Å²) in [4.78, 5) is 4.24. The molecule has 0 unspecified atom stereocenters. The quantitative estimate of drug-likeness (QED) is 0.619. The van der Waals surface area contributed by atoms with Gasteiger partial charge in [-0.15, -0.1) is 0 Å². The van der Waals surface area contributed by atoms with Gasteiger partial charge in [0.1, 0.15) is 5.75 Å². The van der Waals surface area contributed by atoms with E-state index in [1.54, 1.807) is 48.8 Å². The Morgan fingerprint density at radius 2 is 1.73 bits per heavy atom. The van der Waals surface area contributed by atoms with Crippen LogP contribution in [0.2, 0.25) is 0 Å². The monoisotopic (exact) mass is 369 g/mol. The molecular formula is C19H19N3O3S. The molecule has 0 amide bonds. The van der Waals surface area contributed by atoms with Crippen LogP contribution < -0.4 is 10.0 Å². The number of sulfonamides is 1. The van der Waals surface area contributed by atoms with Crippen LogP contribution in [0.5, 0.6) is 5.75 Å². The Morgan fingerprint density at radius 3 is 2.50 bits per heavy atom. The third-order valence-corrected chi connectivity index (χ3v) is 4.25. The molecule has 0 saturated heterocycles. The molecule has 3 rings (SSSR count). The van der Waals surface area contributed by atoms with Crippen LogP contribution in [-0.2, 0) is 16.6 Å². The molecule has 3 N–H and O–H groups in total.